The number of benzene rings is 8. The van der Waals surface area contributed by atoms with E-state index < -0.39 is 0 Å². The van der Waals surface area contributed by atoms with Crippen LogP contribution in [0, 0.1) is 0 Å². The predicted octanol–water partition coefficient (Wildman–Crippen LogP) is 15.5. The summed E-state index contributed by atoms with van der Waals surface area (Å²) in [4.78, 5) is 22.4. The van der Waals surface area contributed by atoms with Gasteiger partial charge < -0.3 is 39.0 Å². The number of aromatic nitrogens is 3. The van der Waals surface area contributed by atoms with E-state index in [-0.39, 0.29) is 0 Å². The third-order valence-corrected chi connectivity index (χ3v) is 15.2. The fourth-order valence-electron chi connectivity index (χ4n) is 11.4. The smallest absolute Gasteiger partial charge is 0.159 e. The van der Waals surface area contributed by atoms with Crippen LogP contribution >= 0.6 is 0 Å². The molecule has 0 fully saturated rings. The summed E-state index contributed by atoms with van der Waals surface area (Å²) < 4.78 is 22.1. The number of nitrogens with one attached hydrogen (secondary N) is 1. The second-order valence-electron chi connectivity index (χ2n) is 19.2. The van der Waals surface area contributed by atoms with Gasteiger partial charge in [-0.25, -0.2) is 15.0 Å². The van der Waals surface area contributed by atoms with Crippen molar-refractivity contribution < 1.29 is 18.9 Å². The maximum Gasteiger partial charge on any atom is 0.159 e. The summed E-state index contributed by atoms with van der Waals surface area (Å²) in [5.41, 5.74) is 18.6. The van der Waals surface area contributed by atoms with Crippen LogP contribution in [0.15, 0.2) is 188 Å². The first-order valence-electron chi connectivity index (χ1n) is 25.2. The van der Waals surface area contributed by atoms with E-state index >= 15 is 0 Å². The van der Waals surface area contributed by atoms with E-state index in [4.69, 9.17) is 33.9 Å². The minimum absolute atomic E-state index is 0.597. The predicted molar refractivity (Wildman–Crippen MR) is 308 cm³/mol. The molecule has 11 nitrogen and oxygen atoms in total. The van der Waals surface area contributed by atoms with Gasteiger partial charge in [0, 0.05) is 90.2 Å². The van der Waals surface area contributed by atoms with E-state index in [9.17, 15) is 0 Å². The average Bonchev–Trinajstić information content (AvgIpc) is 4.02. The molecule has 0 bridgehead atoms. The number of anilines is 8. The summed E-state index contributed by atoms with van der Waals surface area (Å²) in [5.74, 6) is 4.07. The largest absolute Gasteiger partial charge is 0.497 e. The van der Waals surface area contributed by atoms with Crippen LogP contribution in [0.5, 0.6) is 23.0 Å². The normalized spacial score (nSPS) is 12.4. The Morgan fingerprint density at radius 1 is 0.447 bits per heavy atom. The molecule has 8 aromatic carbocycles. The second-order valence-corrected chi connectivity index (χ2v) is 19.2. The van der Waals surface area contributed by atoms with Crippen molar-refractivity contribution in [2.45, 2.75) is 0 Å². The van der Waals surface area contributed by atoms with Gasteiger partial charge >= 0.3 is 0 Å². The molecule has 1 N–H and O–H groups in total. The second kappa shape index (κ2) is 17.7. The van der Waals surface area contributed by atoms with E-state index in [2.05, 4.69) is 161 Å². The van der Waals surface area contributed by atoms with Gasteiger partial charge in [0.2, 0.25) is 0 Å². The first-order chi connectivity index (χ1) is 37.4. The molecule has 0 radical (unpaired) electrons. The van der Waals surface area contributed by atoms with Crippen LogP contribution in [-0.2, 0) is 0 Å². The number of hydrogen-bond donors (Lipinski definition) is 1. The van der Waals surface area contributed by atoms with E-state index in [1.54, 1.807) is 28.4 Å². The van der Waals surface area contributed by atoms with Crippen LogP contribution < -0.4 is 39.0 Å². The quantitative estimate of drug-likeness (QED) is 0.127. The molecule has 0 atom stereocenters. The summed E-state index contributed by atoms with van der Waals surface area (Å²) in [6.07, 6.45) is 4.18. The number of methoxy groups -OCH3 is 4. The van der Waals surface area contributed by atoms with Crippen LogP contribution in [-0.4, -0.2) is 57.0 Å². The highest BCUT2D eigenvalue weighted by Gasteiger charge is 2.30. The lowest BCUT2D eigenvalue weighted by atomic mass is 9.99. The molecule has 3 aromatic heterocycles. The standard InChI is InChI=1S/C65H49N7O4/c1-70(44-32-38-34-56-50-28-30-58(52-8-6-10-54(60(50)52)62(56)68-64(38)66-36-44)71(40-12-20-46(73-2)21-13-40)41-14-22-47(74-3)23-15-41)45-33-39-35-57-51-29-31-59(53-9-7-11-55(61(51)53)63(57)69-65(39)67-37-45)72(42-16-24-48(75-4)25-17-42)43-18-26-49(76-5)27-19-43/h6-36H,37H2,1-5H3,(H,67,69). The molecule has 76 heavy (non-hydrogen) atoms. The van der Waals surface area contributed by atoms with Gasteiger partial charge in [0.05, 0.1) is 69.6 Å². The third-order valence-electron chi connectivity index (χ3n) is 15.2. The number of nitrogens with zero attached hydrogens (tertiary/aromatic N) is 6. The number of hydrogen-bond acceptors (Lipinski definition) is 11. The lowest BCUT2D eigenvalue weighted by molar-refractivity contribution is 0.414. The minimum Gasteiger partial charge on any atom is -0.497 e. The van der Waals surface area contributed by atoms with E-state index in [1.165, 1.54) is 10.8 Å². The Balaban J connectivity index is 0.796. The van der Waals surface area contributed by atoms with Crippen LogP contribution in [0.1, 0.15) is 5.56 Å². The van der Waals surface area contributed by atoms with E-state index in [0.717, 1.165) is 141 Å². The molecule has 1 aliphatic heterocycles. The zero-order valence-electron chi connectivity index (χ0n) is 42.4. The third kappa shape index (κ3) is 7.07. The highest BCUT2D eigenvalue weighted by Crippen LogP contribution is 2.54. The van der Waals surface area contributed by atoms with Crippen molar-refractivity contribution in [3.05, 3.63) is 193 Å². The van der Waals surface area contributed by atoms with Crippen LogP contribution in [0.25, 0.3) is 83.4 Å². The number of pyridine rings is 3. The maximum atomic E-state index is 5.54. The molecule has 0 spiro atoms. The molecule has 0 saturated heterocycles. The van der Waals surface area contributed by atoms with Gasteiger partial charge in [0.1, 0.15) is 28.8 Å². The summed E-state index contributed by atoms with van der Waals surface area (Å²) in [6, 6.07) is 61.5. The van der Waals surface area contributed by atoms with Gasteiger partial charge in [-0.15, -0.1) is 0 Å². The number of ether oxygens (including phenoxy) is 4. The molecule has 4 heterocycles. The summed E-state index contributed by atoms with van der Waals surface area (Å²) in [5, 5.41) is 9.27. The molecule has 0 amide bonds. The Morgan fingerprint density at radius 3 is 1.38 bits per heavy atom. The van der Waals surface area contributed by atoms with Gasteiger partial charge in [-0.1, -0.05) is 48.5 Å². The molecule has 368 valence electrons. The molecule has 11 heteroatoms. The fraction of sp³-hybridized carbons (Fsp3) is 0.0923. The van der Waals surface area contributed by atoms with Gasteiger partial charge in [0.25, 0.3) is 0 Å². The number of fused-ring (bicyclic) bond motifs is 8. The molecule has 0 saturated carbocycles. The Hall–Kier alpha value is -9.87. The van der Waals surface area contributed by atoms with Gasteiger partial charge in [-0.3, -0.25) is 0 Å². The summed E-state index contributed by atoms with van der Waals surface area (Å²) in [7, 11) is 8.87. The summed E-state index contributed by atoms with van der Waals surface area (Å²) >= 11 is 0. The summed E-state index contributed by atoms with van der Waals surface area (Å²) in [6.45, 7) is 0.597. The van der Waals surface area contributed by atoms with E-state index in [0.29, 0.717) is 12.2 Å². The van der Waals surface area contributed by atoms with Gasteiger partial charge in [-0.05, 0) is 145 Å². The van der Waals surface area contributed by atoms with Crippen molar-refractivity contribution >= 4 is 84.3 Å². The van der Waals surface area contributed by atoms with Crippen molar-refractivity contribution in [3.63, 3.8) is 0 Å². The van der Waals surface area contributed by atoms with Gasteiger partial charge in [0.15, 0.2) is 5.65 Å². The van der Waals surface area contributed by atoms with Crippen LogP contribution in [0.2, 0.25) is 0 Å². The first kappa shape index (κ1) is 44.8. The van der Waals surface area contributed by atoms with Crippen LogP contribution in [0.3, 0.4) is 0 Å². The van der Waals surface area contributed by atoms with Crippen molar-refractivity contribution in [2.24, 2.45) is 0 Å². The Bertz CT molecular complexity index is 4090. The van der Waals surface area contributed by atoms with Crippen molar-refractivity contribution in [2.75, 3.05) is 62.0 Å². The molecule has 11 aromatic rings. The molecule has 14 rings (SSSR count). The molecular formula is C65H49N7O4. The lowest BCUT2D eigenvalue weighted by Gasteiger charge is -2.27. The fourth-order valence-corrected chi connectivity index (χ4v) is 11.4. The minimum atomic E-state index is 0.597. The topological polar surface area (TPSA) is 97.3 Å². The monoisotopic (exact) mass is 991 g/mol. The lowest BCUT2D eigenvalue weighted by Crippen LogP contribution is -2.25. The number of rotatable bonds is 12. The zero-order valence-corrected chi connectivity index (χ0v) is 42.4. The van der Waals surface area contributed by atoms with Crippen molar-refractivity contribution in [3.8, 4) is 67.8 Å². The zero-order chi connectivity index (χ0) is 51.2. The number of likely N-dealkylation sites (N-methyl/N-ethyl adjacent to an activating group) is 1. The van der Waals surface area contributed by atoms with Crippen molar-refractivity contribution in [1.82, 2.24) is 15.0 Å². The molecular weight excluding hydrogens is 943 g/mol. The maximum absolute atomic E-state index is 5.54. The highest BCUT2D eigenvalue weighted by molar-refractivity contribution is 6.20. The van der Waals surface area contributed by atoms with Crippen LogP contribution in [0.4, 0.5) is 45.6 Å². The SMILES string of the molecule is COc1ccc(N(c2ccc(OC)cc2)c2ccc3c4c(cccc24)-c2nc4c(cc2-3)C=C(N(C)c2cnc3nc5c(cc3c2)-c2ccc(N(c3ccc(OC)cc3)c3ccc(OC)cc3)c3cccc-5c23)CN4)cc1. The molecule has 2 aliphatic carbocycles. The van der Waals surface area contributed by atoms with Gasteiger partial charge in [-0.2, -0.15) is 0 Å². The molecule has 0 unspecified atom stereocenters. The molecule has 3 aliphatic rings. The average molecular weight is 992 g/mol. The Kier molecular flexibility index (Phi) is 10.4. The first-order valence-corrected chi connectivity index (χ1v) is 25.2. The Labute approximate surface area is 439 Å². The highest BCUT2D eigenvalue weighted by atomic mass is 16.5. The van der Waals surface area contributed by atoms with Crippen molar-refractivity contribution in [1.29, 1.82) is 0 Å². The Morgan fingerprint density at radius 2 is 0.908 bits per heavy atom. The van der Waals surface area contributed by atoms with E-state index in [1.807, 2.05) is 54.7 Å².